The van der Waals surface area contributed by atoms with Crippen LogP contribution in [0.3, 0.4) is 0 Å². The quantitative estimate of drug-likeness (QED) is 0.435. The Morgan fingerprint density at radius 1 is 1.21 bits per heavy atom. The average Bonchev–Trinajstić information content (AvgIpc) is 2.61. The minimum absolute atomic E-state index is 0.502. The van der Waals surface area contributed by atoms with Gasteiger partial charge in [-0.1, -0.05) is 30.3 Å². The van der Waals surface area contributed by atoms with Crippen molar-refractivity contribution in [3.63, 3.8) is 0 Å². The fourth-order valence-corrected chi connectivity index (χ4v) is 2.96. The molecule has 24 heavy (non-hydrogen) atoms. The average molecular weight is 332 g/mol. The van der Waals surface area contributed by atoms with Crippen LogP contribution in [0, 0.1) is 0 Å². The second-order valence-corrected chi connectivity index (χ2v) is 6.14. The second kappa shape index (κ2) is 11.0. The van der Waals surface area contributed by atoms with E-state index < -0.39 is 0 Å². The van der Waals surface area contributed by atoms with Gasteiger partial charge in [-0.2, -0.15) is 0 Å². The van der Waals surface area contributed by atoms with Gasteiger partial charge in [0, 0.05) is 38.8 Å². The summed E-state index contributed by atoms with van der Waals surface area (Å²) in [5, 5.41) is 6.90. The number of nitrogens with one attached hydrogen (secondary N) is 2. The van der Waals surface area contributed by atoms with E-state index in [-0.39, 0.29) is 0 Å². The zero-order valence-corrected chi connectivity index (χ0v) is 15.1. The van der Waals surface area contributed by atoms with Gasteiger partial charge in [0.15, 0.2) is 5.96 Å². The molecule has 5 nitrogen and oxygen atoms in total. The van der Waals surface area contributed by atoms with Crippen LogP contribution in [0.15, 0.2) is 35.3 Å². The summed E-state index contributed by atoms with van der Waals surface area (Å²) in [6.07, 6.45) is 2.31. The molecule has 0 bridgehead atoms. The highest BCUT2D eigenvalue weighted by molar-refractivity contribution is 5.80. The molecule has 134 valence electrons. The van der Waals surface area contributed by atoms with Crippen LogP contribution in [0.5, 0.6) is 0 Å². The minimum atomic E-state index is 0.502. The van der Waals surface area contributed by atoms with Crippen molar-refractivity contribution < 1.29 is 4.74 Å². The van der Waals surface area contributed by atoms with Crippen LogP contribution in [-0.4, -0.2) is 56.3 Å². The number of rotatable bonds is 8. The predicted molar refractivity (Wildman–Crippen MR) is 100 cm³/mol. The maximum Gasteiger partial charge on any atom is 0.191 e. The number of aliphatic imine (C=N–C) groups is 1. The Kier molecular flexibility index (Phi) is 8.63. The Morgan fingerprint density at radius 2 is 1.96 bits per heavy atom. The monoisotopic (exact) mass is 332 g/mol. The molecule has 1 aliphatic rings. The highest BCUT2D eigenvalue weighted by Crippen LogP contribution is 2.13. The largest absolute Gasteiger partial charge is 0.380 e. The summed E-state index contributed by atoms with van der Waals surface area (Å²) >= 11 is 0. The van der Waals surface area contributed by atoms with E-state index in [2.05, 4.69) is 57.8 Å². The first-order chi connectivity index (χ1) is 11.8. The Bertz CT molecular complexity index is 470. The van der Waals surface area contributed by atoms with Crippen LogP contribution < -0.4 is 10.6 Å². The van der Waals surface area contributed by atoms with Crippen LogP contribution in [0.4, 0.5) is 0 Å². The van der Waals surface area contributed by atoms with Crippen molar-refractivity contribution in [3.05, 3.63) is 35.9 Å². The molecule has 0 aliphatic carbocycles. The van der Waals surface area contributed by atoms with Crippen LogP contribution in [-0.2, 0) is 11.3 Å². The van der Waals surface area contributed by atoms with Gasteiger partial charge < -0.3 is 15.4 Å². The van der Waals surface area contributed by atoms with Crippen molar-refractivity contribution in [2.24, 2.45) is 4.99 Å². The predicted octanol–water partition coefficient (Wildman–Crippen LogP) is 2.24. The van der Waals surface area contributed by atoms with Crippen molar-refractivity contribution in [2.45, 2.75) is 39.3 Å². The van der Waals surface area contributed by atoms with Crippen molar-refractivity contribution >= 4 is 5.96 Å². The molecule has 5 heteroatoms. The zero-order valence-electron chi connectivity index (χ0n) is 15.1. The van der Waals surface area contributed by atoms with E-state index >= 15 is 0 Å². The molecule has 0 unspecified atom stereocenters. The van der Waals surface area contributed by atoms with E-state index in [1.54, 1.807) is 0 Å². The summed E-state index contributed by atoms with van der Waals surface area (Å²) in [6, 6.07) is 11.2. The topological polar surface area (TPSA) is 48.9 Å². The van der Waals surface area contributed by atoms with Gasteiger partial charge >= 0.3 is 0 Å². The summed E-state index contributed by atoms with van der Waals surface area (Å²) < 4.78 is 5.35. The Morgan fingerprint density at radius 3 is 2.62 bits per heavy atom. The van der Waals surface area contributed by atoms with E-state index in [1.807, 2.05) is 6.92 Å². The number of hydrogen-bond donors (Lipinski definition) is 2. The highest BCUT2D eigenvalue weighted by Gasteiger charge is 2.19. The zero-order chi connectivity index (χ0) is 17.0. The lowest BCUT2D eigenvalue weighted by Gasteiger charge is -2.33. The molecule has 2 rings (SSSR count). The first-order valence-corrected chi connectivity index (χ1v) is 9.20. The number of nitrogens with zero attached hydrogens (tertiary/aromatic N) is 2. The molecular formula is C19H32N4O. The summed E-state index contributed by atoms with van der Waals surface area (Å²) in [5.41, 5.74) is 1.40. The summed E-state index contributed by atoms with van der Waals surface area (Å²) in [6.45, 7) is 10.4. The summed E-state index contributed by atoms with van der Waals surface area (Å²) in [7, 11) is 0. The van der Waals surface area contributed by atoms with Crippen molar-refractivity contribution in [1.29, 1.82) is 0 Å². The number of likely N-dealkylation sites (tertiary alicyclic amines) is 1. The van der Waals surface area contributed by atoms with Gasteiger partial charge in [0.2, 0.25) is 0 Å². The van der Waals surface area contributed by atoms with Gasteiger partial charge in [-0.3, -0.25) is 9.89 Å². The maximum atomic E-state index is 5.35. The van der Waals surface area contributed by atoms with Gasteiger partial charge in [-0.15, -0.1) is 0 Å². The van der Waals surface area contributed by atoms with Crippen molar-refractivity contribution in [3.8, 4) is 0 Å². The number of guanidine groups is 1. The SMILES string of the molecule is CCNC(=NCCOCC)NC1CCN(Cc2ccccc2)CC1. The third-order valence-corrected chi connectivity index (χ3v) is 4.23. The summed E-state index contributed by atoms with van der Waals surface area (Å²) in [5.74, 6) is 0.915. The van der Waals surface area contributed by atoms with Crippen LogP contribution in [0.2, 0.25) is 0 Å². The normalized spacial score (nSPS) is 17.0. The number of ether oxygens (including phenoxy) is 1. The minimum Gasteiger partial charge on any atom is -0.380 e. The molecule has 0 aromatic heterocycles. The molecule has 1 heterocycles. The molecular weight excluding hydrogens is 300 g/mol. The lowest BCUT2D eigenvalue weighted by atomic mass is 10.0. The van der Waals surface area contributed by atoms with E-state index in [1.165, 1.54) is 5.56 Å². The van der Waals surface area contributed by atoms with E-state index in [4.69, 9.17) is 4.74 Å². The van der Waals surface area contributed by atoms with E-state index in [0.717, 1.165) is 51.6 Å². The second-order valence-electron chi connectivity index (χ2n) is 6.14. The van der Waals surface area contributed by atoms with Gasteiger partial charge in [-0.25, -0.2) is 0 Å². The molecule has 0 radical (unpaired) electrons. The lowest BCUT2D eigenvalue weighted by molar-refractivity contribution is 0.155. The highest BCUT2D eigenvalue weighted by atomic mass is 16.5. The summed E-state index contributed by atoms with van der Waals surface area (Å²) in [4.78, 5) is 7.12. The van der Waals surface area contributed by atoms with Gasteiger partial charge in [0.1, 0.15) is 0 Å². The first-order valence-electron chi connectivity index (χ1n) is 9.20. The molecule has 0 saturated carbocycles. The first kappa shape index (κ1) is 18.7. The third kappa shape index (κ3) is 6.89. The molecule has 1 saturated heterocycles. The van der Waals surface area contributed by atoms with E-state index in [9.17, 15) is 0 Å². The third-order valence-electron chi connectivity index (χ3n) is 4.23. The standard InChI is InChI=1S/C19H32N4O/c1-3-20-19(21-12-15-24-4-2)22-18-10-13-23(14-11-18)16-17-8-6-5-7-9-17/h5-9,18H,3-4,10-16H2,1-2H3,(H2,20,21,22). The van der Waals surface area contributed by atoms with E-state index in [0.29, 0.717) is 19.2 Å². The number of benzene rings is 1. The molecule has 1 fully saturated rings. The maximum absolute atomic E-state index is 5.35. The molecule has 1 aromatic carbocycles. The molecule has 0 spiro atoms. The van der Waals surface area contributed by atoms with Crippen LogP contribution >= 0.6 is 0 Å². The number of piperidine rings is 1. The van der Waals surface area contributed by atoms with Crippen molar-refractivity contribution in [1.82, 2.24) is 15.5 Å². The smallest absolute Gasteiger partial charge is 0.191 e. The molecule has 0 amide bonds. The molecule has 2 N–H and O–H groups in total. The Balaban J connectivity index is 1.73. The van der Waals surface area contributed by atoms with Crippen LogP contribution in [0.1, 0.15) is 32.3 Å². The Labute approximate surface area is 146 Å². The van der Waals surface area contributed by atoms with Crippen molar-refractivity contribution in [2.75, 3.05) is 39.4 Å². The lowest BCUT2D eigenvalue weighted by Crippen LogP contribution is -2.48. The fourth-order valence-electron chi connectivity index (χ4n) is 2.96. The molecule has 1 aliphatic heterocycles. The molecule has 1 aromatic rings. The van der Waals surface area contributed by atoms with Gasteiger partial charge in [-0.05, 0) is 32.3 Å². The Hall–Kier alpha value is -1.59. The van der Waals surface area contributed by atoms with Crippen LogP contribution in [0.25, 0.3) is 0 Å². The molecule has 0 atom stereocenters. The fraction of sp³-hybridized carbons (Fsp3) is 0.632. The van der Waals surface area contributed by atoms with Gasteiger partial charge in [0.05, 0.1) is 13.2 Å². The van der Waals surface area contributed by atoms with Gasteiger partial charge in [0.25, 0.3) is 0 Å². The number of hydrogen-bond acceptors (Lipinski definition) is 3.